The number of sulfone groups is 1. The van der Waals surface area contributed by atoms with Crippen LogP contribution in [0.1, 0.15) is 10.4 Å². The summed E-state index contributed by atoms with van der Waals surface area (Å²) in [6.07, 6.45) is 1.46. The highest BCUT2D eigenvalue weighted by Gasteiger charge is 2.17. The Kier molecular flexibility index (Phi) is 5.51. The predicted octanol–water partition coefficient (Wildman–Crippen LogP) is 1.75. The Morgan fingerprint density at radius 3 is 2.36 bits per heavy atom. The minimum atomic E-state index is -3.55. The highest BCUT2D eigenvalue weighted by molar-refractivity contribution is 7.91. The van der Waals surface area contributed by atoms with Crippen molar-refractivity contribution in [2.24, 2.45) is 7.05 Å². The number of aryl methyl sites for hydroxylation is 1. The molecule has 1 heterocycles. The number of aromatic nitrogens is 1. The van der Waals surface area contributed by atoms with E-state index in [1.54, 1.807) is 43.4 Å². The average Bonchev–Trinajstić information content (AvgIpc) is 2.70. The summed E-state index contributed by atoms with van der Waals surface area (Å²) in [7, 11) is -0.475. The van der Waals surface area contributed by atoms with Crippen molar-refractivity contribution in [1.82, 2.24) is 9.88 Å². The molecule has 3 aromatic rings. The number of amides is 1. The summed E-state index contributed by atoms with van der Waals surface area (Å²) < 4.78 is 31.2. The number of benzene rings is 2. The molecule has 1 amide bonds. The fraction of sp³-hybridized carbons (Fsp3) is 0.200. The van der Waals surface area contributed by atoms with Crippen LogP contribution in [-0.2, 0) is 16.9 Å². The molecule has 7 nitrogen and oxygen atoms in total. The van der Waals surface area contributed by atoms with Crippen molar-refractivity contribution in [2.45, 2.75) is 4.90 Å². The summed E-state index contributed by atoms with van der Waals surface area (Å²) in [6, 6.07) is 12.9. The molecular weight excluding hydrogens is 380 g/mol. The van der Waals surface area contributed by atoms with E-state index in [0.29, 0.717) is 22.1 Å². The third kappa shape index (κ3) is 3.91. The molecule has 0 saturated carbocycles. The van der Waals surface area contributed by atoms with Crippen LogP contribution in [0.4, 0.5) is 0 Å². The first-order valence-corrected chi connectivity index (χ1v) is 10.2. The summed E-state index contributed by atoms with van der Waals surface area (Å²) in [5.74, 6) is -0.111. The SMILES string of the molecule is COc1ccc(S(=O)(=O)CCNC(=O)c2cn(C)c(=O)c3ccccc23)cc1. The van der Waals surface area contributed by atoms with E-state index >= 15 is 0 Å². The number of hydrogen-bond acceptors (Lipinski definition) is 5. The molecule has 146 valence electrons. The van der Waals surface area contributed by atoms with Crippen LogP contribution in [0.3, 0.4) is 0 Å². The molecule has 0 aliphatic rings. The maximum Gasteiger partial charge on any atom is 0.258 e. The van der Waals surface area contributed by atoms with Gasteiger partial charge in [0.2, 0.25) is 0 Å². The lowest BCUT2D eigenvalue weighted by Crippen LogP contribution is -2.30. The molecule has 8 heteroatoms. The van der Waals surface area contributed by atoms with E-state index in [0.717, 1.165) is 0 Å². The zero-order chi connectivity index (χ0) is 20.3. The molecule has 0 fully saturated rings. The molecule has 0 radical (unpaired) electrons. The third-order valence-electron chi connectivity index (χ3n) is 4.41. The highest BCUT2D eigenvalue weighted by Crippen LogP contribution is 2.17. The second-order valence-corrected chi connectivity index (χ2v) is 8.36. The van der Waals surface area contributed by atoms with Gasteiger partial charge in [0.1, 0.15) is 5.75 Å². The monoisotopic (exact) mass is 400 g/mol. The summed E-state index contributed by atoms with van der Waals surface area (Å²) in [5, 5.41) is 3.59. The number of fused-ring (bicyclic) bond motifs is 1. The molecule has 0 bridgehead atoms. The van der Waals surface area contributed by atoms with E-state index in [1.807, 2.05) is 0 Å². The lowest BCUT2D eigenvalue weighted by atomic mass is 10.1. The fourth-order valence-corrected chi connectivity index (χ4v) is 4.05. The first kappa shape index (κ1) is 19.6. The Labute approximate surface area is 162 Å². The summed E-state index contributed by atoms with van der Waals surface area (Å²) >= 11 is 0. The number of carbonyl (C=O) groups excluding carboxylic acids is 1. The second-order valence-electron chi connectivity index (χ2n) is 6.25. The van der Waals surface area contributed by atoms with Gasteiger partial charge in [-0.2, -0.15) is 0 Å². The number of rotatable bonds is 6. The first-order valence-electron chi connectivity index (χ1n) is 8.57. The average molecular weight is 400 g/mol. The molecule has 0 spiro atoms. The Balaban J connectivity index is 1.75. The van der Waals surface area contributed by atoms with Gasteiger partial charge in [-0.3, -0.25) is 9.59 Å². The van der Waals surface area contributed by atoms with Crippen molar-refractivity contribution in [3.8, 4) is 5.75 Å². The summed E-state index contributed by atoms with van der Waals surface area (Å²) in [4.78, 5) is 24.9. The minimum absolute atomic E-state index is 0.0512. The van der Waals surface area contributed by atoms with Gasteiger partial charge < -0.3 is 14.6 Å². The van der Waals surface area contributed by atoms with E-state index in [4.69, 9.17) is 4.74 Å². The van der Waals surface area contributed by atoms with Crippen molar-refractivity contribution in [1.29, 1.82) is 0 Å². The Bertz CT molecular complexity index is 1180. The number of nitrogens with one attached hydrogen (secondary N) is 1. The van der Waals surface area contributed by atoms with Crippen LogP contribution >= 0.6 is 0 Å². The van der Waals surface area contributed by atoms with Crippen molar-refractivity contribution in [3.63, 3.8) is 0 Å². The Morgan fingerprint density at radius 2 is 1.71 bits per heavy atom. The van der Waals surface area contributed by atoms with E-state index in [1.165, 1.54) is 30.0 Å². The molecule has 3 rings (SSSR count). The molecule has 0 atom stereocenters. The van der Waals surface area contributed by atoms with Gasteiger partial charge in [-0.15, -0.1) is 0 Å². The fourth-order valence-electron chi connectivity index (χ4n) is 2.89. The van der Waals surface area contributed by atoms with Crippen LogP contribution in [0.5, 0.6) is 5.75 Å². The van der Waals surface area contributed by atoms with Crippen LogP contribution in [0.2, 0.25) is 0 Å². The van der Waals surface area contributed by atoms with Crippen LogP contribution in [0, 0.1) is 0 Å². The molecule has 0 aliphatic carbocycles. The lowest BCUT2D eigenvalue weighted by Gasteiger charge is -2.10. The van der Waals surface area contributed by atoms with Crippen molar-refractivity contribution in [3.05, 3.63) is 70.6 Å². The molecular formula is C20H20N2O5S. The zero-order valence-corrected chi connectivity index (χ0v) is 16.3. The number of hydrogen-bond donors (Lipinski definition) is 1. The van der Waals surface area contributed by atoms with Crippen molar-refractivity contribution in [2.75, 3.05) is 19.4 Å². The van der Waals surface area contributed by atoms with Gasteiger partial charge >= 0.3 is 0 Å². The maximum atomic E-state index is 12.6. The minimum Gasteiger partial charge on any atom is -0.497 e. The van der Waals surface area contributed by atoms with E-state index in [9.17, 15) is 18.0 Å². The normalized spacial score (nSPS) is 11.4. The van der Waals surface area contributed by atoms with Crippen molar-refractivity contribution >= 4 is 26.5 Å². The molecule has 0 aliphatic heterocycles. The topological polar surface area (TPSA) is 94.5 Å². The zero-order valence-electron chi connectivity index (χ0n) is 15.5. The Hall–Kier alpha value is -3.13. The largest absolute Gasteiger partial charge is 0.497 e. The molecule has 1 N–H and O–H groups in total. The van der Waals surface area contributed by atoms with E-state index in [-0.39, 0.29) is 22.8 Å². The van der Waals surface area contributed by atoms with Gasteiger partial charge in [0.15, 0.2) is 9.84 Å². The standard InChI is InChI=1S/C20H20N2O5S/c1-22-13-18(16-5-3-4-6-17(16)20(22)24)19(23)21-11-12-28(25,26)15-9-7-14(27-2)8-10-15/h3-10,13H,11-12H2,1-2H3,(H,21,23). The molecule has 1 aromatic heterocycles. The predicted molar refractivity (Wildman–Crippen MR) is 107 cm³/mol. The lowest BCUT2D eigenvalue weighted by molar-refractivity contribution is 0.0957. The highest BCUT2D eigenvalue weighted by atomic mass is 32.2. The number of ether oxygens (including phenoxy) is 1. The number of nitrogens with zero attached hydrogens (tertiary/aromatic N) is 1. The number of carbonyl (C=O) groups is 1. The summed E-state index contributed by atoms with van der Waals surface area (Å²) in [6.45, 7) is -0.0512. The van der Waals surface area contributed by atoms with Crippen LogP contribution in [0.25, 0.3) is 10.8 Å². The van der Waals surface area contributed by atoms with Gasteiger partial charge in [0.05, 0.1) is 23.3 Å². The number of pyridine rings is 1. The second kappa shape index (κ2) is 7.85. The first-order chi connectivity index (χ1) is 13.3. The van der Waals surface area contributed by atoms with Gasteiger partial charge in [0.25, 0.3) is 11.5 Å². The third-order valence-corrected chi connectivity index (χ3v) is 6.14. The maximum absolute atomic E-state index is 12.6. The Morgan fingerprint density at radius 1 is 1.07 bits per heavy atom. The molecule has 2 aromatic carbocycles. The quantitative estimate of drug-likeness (QED) is 0.680. The smallest absolute Gasteiger partial charge is 0.258 e. The molecule has 0 unspecified atom stereocenters. The molecule has 0 saturated heterocycles. The molecule has 28 heavy (non-hydrogen) atoms. The van der Waals surface area contributed by atoms with Gasteiger partial charge in [0, 0.05) is 30.6 Å². The van der Waals surface area contributed by atoms with Gasteiger partial charge in [-0.25, -0.2) is 8.42 Å². The van der Waals surface area contributed by atoms with E-state index < -0.39 is 15.7 Å². The van der Waals surface area contributed by atoms with Gasteiger partial charge in [-0.1, -0.05) is 18.2 Å². The van der Waals surface area contributed by atoms with Gasteiger partial charge in [-0.05, 0) is 30.3 Å². The van der Waals surface area contributed by atoms with Crippen LogP contribution < -0.4 is 15.6 Å². The number of methoxy groups -OCH3 is 1. The van der Waals surface area contributed by atoms with Crippen molar-refractivity contribution < 1.29 is 17.9 Å². The van der Waals surface area contributed by atoms with Crippen LogP contribution in [0.15, 0.2) is 64.4 Å². The van der Waals surface area contributed by atoms with E-state index in [2.05, 4.69) is 5.32 Å². The summed E-state index contributed by atoms with van der Waals surface area (Å²) in [5.41, 5.74) is 0.119. The van der Waals surface area contributed by atoms with Crippen LogP contribution in [-0.4, -0.2) is 38.3 Å².